The first kappa shape index (κ1) is 23.8. The van der Waals surface area contributed by atoms with Crippen LogP contribution in [-0.2, 0) is 23.1 Å². The molecule has 0 radical (unpaired) electrons. The van der Waals surface area contributed by atoms with Gasteiger partial charge in [0, 0.05) is 19.9 Å². The second-order valence-corrected chi connectivity index (χ2v) is 7.09. The number of alkyl halides is 6. The van der Waals surface area contributed by atoms with Crippen LogP contribution in [0.15, 0.2) is 41.6 Å². The molecule has 158 valence electrons. The highest BCUT2D eigenvalue weighted by Gasteiger charge is 2.60. The summed E-state index contributed by atoms with van der Waals surface area (Å²) in [6.07, 6.45) is -16.5. The van der Waals surface area contributed by atoms with Crippen LogP contribution in [-0.4, -0.2) is 43.7 Å². The lowest BCUT2D eigenvalue weighted by molar-refractivity contribution is -0.319. The van der Waals surface area contributed by atoms with Crippen molar-refractivity contribution in [2.75, 3.05) is 19.5 Å². The minimum atomic E-state index is -6.00. The predicted molar refractivity (Wildman–Crippen MR) is 83.3 cm³/mol. The first-order valence-corrected chi connectivity index (χ1v) is 8.62. The summed E-state index contributed by atoms with van der Waals surface area (Å²) < 4.78 is 101. The van der Waals surface area contributed by atoms with E-state index in [9.17, 15) is 40.8 Å². The van der Waals surface area contributed by atoms with E-state index in [0.717, 1.165) is 0 Å². The van der Waals surface area contributed by atoms with E-state index in [4.69, 9.17) is 0 Å². The predicted octanol–water partition coefficient (Wildman–Crippen LogP) is 4.35. The van der Waals surface area contributed by atoms with Crippen molar-refractivity contribution in [1.82, 2.24) is 0 Å². The highest BCUT2D eigenvalue weighted by atomic mass is 31.2. The zero-order valence-corrected chi connectivity index (χ0v) is 15.1. The van der Waals surface area contributed by atoms with E-state index in [1.165, 1.54) is 24.3 Å². The molecule has 0 heterocycles. The SMILES string of the molecule is COP(=O)(OC)/C(C(=O)Nc1ccccc1)=C(/O)OC(C(F)(F)F)C(F)(F)F. The van der Waals surface area contributed by atoms with Crippen LogP contribution in [0.2, 0.25) is 0 Å². The quantitative estimate of drug-likeness (QED) is 0.285. The number of carbonyl (C=O) groups is 1. The number of aliphatic hydroxyl groups excluding tert-OH is 1. The Bertz CT molecular complexity index is 742. The summed E-state index contributed by atoms with van der Waals surface area (Å²) in [5.41, 5.74) is 0.0137. The summed E-state index contributed by atoms with van der Waals surface area (Å²) in [6.45, 7) is 0. The van der Waals surface area contributed by atoms with Gasteiger partial charge in [0.25, 0.3) is 18.0 Å². The Morgan fingerprint density at radius 1 is 1.04 bits per heavy atom. The molecule has 0 aliphatic heterocycles. The third kappa shape index (κ3) is 5.88. The lowest BCUT2D eigenvalue weighted by Crippen LogP contribution is -2.44. The minimum Gasteiger partial charge on any atom is -0.480 e. The van der Waals surface area contributed by atoms with Gasteiger partial charge in [-0.05, 0) is 12.1 Å². The van der Waals surface area contributed by atoms with Gasteiger partial charge in [-0.2, -0.15) is 26.3 Å². The Balaban J connectivity index is 3.44. The van der Waals surface area contributed by atoms with Crippen molar-refractivity contribution in [3.05, 3.63) is 41.6 Å². The van der Waals surface area contributed by atoms with E-state index in [0.29, 0.717) is 14.2 Å². The van der Waals surface area contributed by atoms with Gasteiger partial charge in [0.2, 0.25) is 5.31 Å². The van der Waals surface area contributed by atoms with Crippen molar-refractivity contribution in [2.45, 2.75) is 18.5 Å². The van der Waals surface area contributed by atoms with Crippen LogP contribution in [0, 0.1) is 0 Å². The van der Waals surface area contributed by atoms with Gasteiger partial charge in [-0.25, -0.2) is 0 Å². The van der Waals surface area contributed by atoms with Crippen LogP contribution in [0.3, 0.4) is 0 Å². The number of benzene rings is 1. The fraction of sp³-hybridized carbons (Fsp3) is 0.357. The molecule has 0 saturated heterocycles. The zero-order valence-electron chi connectivity index (χ0n) is 14.2. The lowest BCUT2D eigenvalue weighted by Gasteiger charge is -2.25. The van der Waals surface area contributed by atoms with Crippen molar-refractivity contribution >= 4 is 19.2 Å². The highest BCUT2D eigenvalue weighted by Crippen LogP contribution is 2.56. The molecular formula is C14H14F6NO6P. The number of hydrogen-bond acceptors (Lipinski definition) is 6. The smallest absolute Gasteiger partial charge is 0.434 e. The summed E-state index contributed by atoms with van der Waals surface area (Å²) in [7, 11) is -3.46. The van der Waals surface area contributed by atoms with Crippen LogP contribution in [0.25, 0.3) is 0 Å². The standard InChI is InChI=1S/C14H14F6NO6P/c1-25-28(24,26-2)9(10(22)21-8-6-4-3-5-7-8)11(23)27-12(13(15,16)17)14(18,19)20/h3-7,12,23H,1-2H3,(H,21,22)/b11-9-. The van der Waals surface area contributed by atoms with Gasteiger partial charge in [-0.3, -0.25) is 9.36 Å². The molecule has 2 N–H and O–H groups in total. The molecular weight excluding hydrogens is 423 g/mol. The molecule has 1 aromatic rings. The molecule has 0 aliphatic carbocycles. The van der Waals surface area contributed by atoms with Crippen LogP contribution < -0.4 is 5.32 Å². The monoisotopic (exact) mass is 437 g/mol. The summed E-state index contributed by atoms with van der Waals surface area (Å²) >= 11 is 0. The van der Waals surface area contributed by atoms with Gasteiger partial charge in [0.1, 0.15) is 0 Å². The van der Waals surface area contributed by atoms with E-state index in [1.807, 2.05) is 5.32 Å². The van der Waals surface area contributed by atoms with Crippen molar-refractivity contribution in [1.29, 1.82) is 0 Å². The minimum absolute atomic E-state index is 0.0137. The number of ether oxygens (including phenoxy) is 1. The van der Waals surface area contributed by atoms with E-state index in [-0.39, 0.29) is 5.69 Å². The second-order valence-electron chi connectivity index (χ2n) is 4.92. The van der Waals surface area contributed by atoms with Gasteiger partial charge in [0.15, 0.2) is 0 Å². The van der Waals surface area contributed by atoms with E-state index in [2.05, 4.69) is 13.8 Å². The van der Waals surface area contributed by atoms with Crippen molar-refractivity contribution in [3.63, 3.8) is 0 Å². The molecule has 0 atom stereocenters. The lowest BCUT2D eigenvalue weighted by atomic mass is 10.3. The van der Waals surface area contributed by atoms with Gasteiger partial charge in [-0.1, -0.05) is 18.2 Å². The first-order valence-electron chi connectivity index (χ1n) is 7.08. The van der Waals surface area contributed by atoms with Gasteiger partial charge >= 0.3 is 19.9 Å². The number of amides is 1. The molecule has 28 heavy (non-hydrogen) atoms. The third-order valence-corrected chi connectivity index (χ3v) is 4.93. The highest BCUT2D eigenvalue weighted by molar-refractivity contribution is 7.60. The zero-order chi connectivity index (χ0) is 21.8. The molecule has 0 spiro atoms. The molecule has 0 aromatic heterocycles. The van der Waals surface area contributed by atoms with Crippen LogP contribution in [0.1, 0.15) is 0 Å². The summed E-state index contributed by atoms with van der Waals surface area (Å²) in [4.78, 5) is 12.3. The van der Waals surface area contributed by atoms with E-state index in [1.54, 1.807) is 6.07 Å². The van der Waals surface area contributed by atoms with Crippen molar-refractivity contribution in [2.24, 2.45) is 0 Å². The van der Waals surface area contributed by atoms with Crippen molar-refractivity contribution < 1.29 is 54.6 Å². The molecule has 14 heteroatoms. The topological polar surface area (TPSA) is 94.1 Å². The Hall–Kier alpha value is -2.24. The van der Waals surface area contributed by atoms with E-state index < -0.39 is 43.2 Å². The molecule has 1 amide bonds. The Morgan fingerprint density at radius 2 is 1.50 bits per heavy atom. The Kier molecular flexibility index (Phi) is 7.52. The number of para-hydroxylation sites is 1. The van der Waals surface area contributed by atoms with Crippen LogP contribution >= 0.6 is 7.60 Å². The average molecular weight is 437 g/mol. The number of rotatable bonds is 7. The maximum absolute atomic E-state index is 12.6. The van der Waals surface area contributed by atoms with Gasteiger partial charge < -0.3 is 24.2 Å². The normalized spacial score (nSPS) is 13.9. The molecule has 0 fully saturated rings. The number of halogens is 6. The fourth-order valence-electron chi connectivity index (χ4n) is 1.79. The van der Waals surface area contributed by atoms with Crippen LogP contribution in [0.4, 0.5) is 32.0 Å². The molecule has 7 nitrogen and oxygen atoms in total. The maximum atomic E-state index is 12.6. The first-order chi connectivity index (χ1) is 12.8. The number of carbonyl (C=O) groups excluding carboxylic acids is 1. The summed E-state index contributed by atoms with van der Waals surface area (Å²) in [6, 6.07) is 7.01. The summed E-state index contributed by atoms with van der Waals surface area (Å²) in [5.74, 6) is -3.79. The largest absolute Gasteiger partial charge is 0.480 e. The molecule has 0 bridgehead atoms. The van der Waals surface area contributed by atoms with E-state index >= 15 is 0 Å². The number of hydrogen-bond donors (Lipinski definition) is 2. The maximum Gasteiger partial charge on any atom is 0.434 e. The average Bonchev–Trinajstić information content (AvgIpc) is 2.58. The molecule has 0 aliphatic rings. The second kappa shape index (κ2) is 8.84. The summed E-state index contributed by atoms with van der Waals surface area (Å²) in [5, 5.41) is 10.1. The Labute approximate surface area is 154 Å². The molecule has 0 saturated carbocycles. The number of nitrogens with one attached hydrogen (secondary N) is 1. The number of aliphatic hydroxyl groups is 1. The fourth-order valence-corrected chi connectivity index (χ4v) is 2.90. The molecule has 0 unspecified atom stereocenters. The van der Waals surface area contributed by atoms with Gasteiger partial charge in [0.05, 0.1) is 0 Å². The Morgan fingerprint density at radius 3 is 1.89 bits per heavy atom. The third-order valence-electron chi connectivity index (χ3n) is 3.03. The van der Waals surface area contributed by atoms with Crippen LogP contribution in [0.5, 0.6) is 0 Å². The molecule has 1 rings (SSSR count). The number of anilines is 1. The van der Waals surface area contributed by atoms with Crippen molar-refractivity contribution in [3.8, 4) is 0 Å². The molecule has 1 aromatic carbocycles. The van der Waals surface area contributed by atoms with Gasteiger partial charge in [-0.15, -0.1) is 0 Å².